The molecule has 0 bridgehead atoms. The number of carbonyl (C=O) groups excluding carboxylic acids is 1. The molecule has 0 atom stereocenters. The maximum atomic E-state index is 13.7. The summed E-state index contributed by atoms with van der Waals surface area (Å²) in [7, 11) is 0. The van der Waals surface area contributed by atoms with Gasteiger partial charge in [0.15, 0.2) is 0 Å². The fraction of sp³-hybridized carbons (Fsp3) is 0.429. The summed E-state index contributed by atoms with van der Waals surface area (Å²) in [6.45, 7) is 10.9. The number of anilines is 1. The van der Waals surface area contributed by atoms with Crippen molar-refractivity contribution in [3.63, 3.8) is 0 Å². The minimum Gasteiger partial charge on any atom is -0.508 e. The number of phenolic OH excluding ortho intramolecular Hbond substituents is 1. The average molecular weight is 611 g/mol. The summed E-state index contributed by atoms with van der Waals surface area (Å²) >= 11 is 0. The number of benzene rings is 2. The fourth-order valence-electron chi connectivity index (χ4n) is 4.70. The molecule has 1 amide bonds. The van der Waals surface area contributed by atoms with Crippen LogP contribution in [0.5, 0.6) is 5.75 Å². The third-order valence-corrected chi connectivity index (χ3v) is 6.83. The van der Waals surface area contributed by atoms with Crippen molar-refractivity contribution in [2.45, 2.75) is 76.3 Å². The van der Waals surface area contributed by atoms with Crippen molar-refractivity contribution in [2.24, 2.45) is 0 Å². The summed E-state index contributed by atoms with van der Waals surface area (Å²) < 4.78 is 123. The van der Waals surface area contributed by atoms with Crippen LogP contribution in [0.15, 0.2) is 41.3 Å². The van der Waals surface area contributed by atoms with E-state index in [-0.39, 0.29) is 23.6 Å². The van der Waals surface area contributed by atoms with Crippen LogP contribution in [0.25, 0.3) is 10.9 Å². The number of halogens is 9. The largest absolute Gasteiger partial charge is 0.508 e. The van der Waals surface area contributed by atoms with Gasteiger partial charge < -0.3 is 15.4 Å². The average Bonchev–Trinajstić information content (AvgIpc) is 2.75. The Bertz CT molecular complexity index is 1550. The summed E-state index contributed by atoms with van der Waals surface area (Å²) in [6.07, 6.45) is -19.8. The lowest BCUT2D eigenvalue weighted by atomic mass is 9.77. The quantitative estimate of drug-likeness (QED) is 0.263. The number of aromatic amines is 1. The van der Waals surface area contributed by atoms with E-state index < -0.39 is 68.1 Å². The summed E-state index contributed by atoms with van der Waals surface area (Å²) in [5, 5.41) is 12.0. The lowest BCUT2D eigenvalue weighted by Gasteiger charge is -2.38. The van der Waals surface area contributed by atoms with E-state index in [1.165, 1.54) is 6.07 Å². The molecule has 0 aliphatic heterocycles. The van der Waals surface area contributed by atoms with Gasteiger partial charge in [0.1, 0.15) is 11.3 Å². The van der Waals surface area contributed by atoms with Crippen molar-refractivity contribution < 1.29 is 49.4 Å². The third kappa shape index (κ3) is 5.42. The number of rotatable bonds is 3. The Labute approximate surface area is 233 Å². The monoisotopic (exact) mass is 610 g/mol. The molecule has 14 heteroatoms. The number of amides is 1. The molecular formula is C28H27F9N2O3. The van der Waals surface area contributed by atoms with Gasteiger partial charge in [-0.3, -0.25) is 9.59 Å². The molecule has 0 spiro atoms. The van der Waals surface area contributed by atoms with Crippen LogP contribution < -0.4 is 10.7 Å². The zero-order valence-corrected chi connectivity index (χ0v) is 23.1. The molecule has 2 aromatic carbocycles. The van der Waals surface area contributed by atoms with Crippen molar-refractivity contribution in [3.05, 3.63) is 69.0 Å². The summed E-state index contributed by atoms with van der Waals surface area (Å²) in [5.74, 6) is -1.38. The topological polar surface area (TPSA) is 82.2 Å². The van der Waals surface area contributed by atoms with Gasteiger partial charge >= 0.3 is 18.5 Å². The molecule has 3 aromatic rings. The maximum Gasteiger partial charge on any atom is 0.416 e. The number of hydrogen-bond acceptors (Lipinski definition) is 3. The minimum absolute atomic E-state index is 0.0261. The van der Waals surface area contributed by atoms with Crippen molar-refractivity contribution in [2.75, 3.05) is 5.32 Å². The molecule has 1 heterocycles. The van der Waals surface area contributed by atoms with Gasteiger partial charge in [0.05, 0.1) is 0 Å². The molecule has 5 nitrogen and oxygen atoms in total. The lowest BCUT2D eigenvalue weighted by Crippen LogP contribution is -2.63. The number of alkyl halides is 9. The van der Waals surface area contributed by atoms with Crippen LogP contribution in [0.2, 0.25) is 0 Å². The predicted molar refractivity (Wildman–Crippen MR) is 138 cm³/mol. The minimum atomic E-state index is -6.89. The number of nitrogens with one attached hydrogen (secondary N) is 2. The van der Waals surface area contributed by atoms with Crippen LogP contribution >= 0.6 is 0 Å². The number of H-pyrrole nitrogens is 1. The normalized spacial score (nSPS) is 13.9. The lowest BCUT2D eigenvalue weighted by molar-refractivity contribution is -0.387. The van der Waals surface area contributed by atoms with E-state index in [1.807, 2.05) is 20.8 Å². The highest BCUT2D eigenvalue weighted by atomic mass is 19.4. The van der Waals surface area contributed by atoms with E-state index >= 15 is 0 Å². The Morgan fingerprint density at radius 3 is 1.71 bits per heavy atom. The van der Waals surface area contributed by atoms with Crippen molar-refractivity contribution in [3.8, 4) is 5.75 Å². The number of fused-ring (bicyclic) bond motifs is 1. The molecule has 0 saturated carbocycles. The Morgan fingerprint density at radius 2 is 1.26 bits per heavy atom. The van der Waals surface area contributed by atoms with Gasteiger partial charge in [-0.15, -0.1) is 0 Å². The second-order valence-electron chi connectivity index (χ2n) is 11.9. The summed E-state index contributed by atoms with van der Waals surface area (Å²) in [4.78, 5) is 28.7. The zero-order chi connectivity index (χ0) is 32.4. The van der Waals surface area contributed by atoms with Gasteiger partial charge in [0.25, 0.3) is 11.3 Å². The van der Waals surface area contributed by atoms with Crippen LogP contribution in [0.3, 0.4) is 0 Å². The number of aromatic nitrogens is 1. The smallest absolute Gasteiger partial charge is 0.416 e. The maximum absolute atomic E-state index is 13.7. The second-order valence-corrected chi connectivity index (χ2v) is 11.9. The van der Waals surface area contributed by atoms with Gasteiger partial charge in [0, 0.05) is 28.9 Å². The summed E-state index contributed by atoms with van der Waals surface area (Å²) in [6, 6.07) is 3.15. The molecule has 3 rings (SSSR count). The summed E-state index contributed by atoms with van der Waals surface area (Å²) in [5.41, 5.74) is -11.3. The zero-order valence-electron chi connectivity index (χ0n) is 23.1. The van der Waals surface area contributed by atoms with Crippen molar-refractivity contribution in [1.82, 2.24) is 4.98 Å². The number of hydrogen-bond donors (Lipinski definition) is 3. The van der Waals surface area contributed by atoms with Gasteiger partial charge in [-0.05, 0) is 45.7 Å². The van der Waals surface area contributed by atoms with Crippen LogP contribution in [0, 0.1) is 0 Å². The Hall–Kier alpha value is -3.71. The van der Waals surface area contributed by atoms with E-state index in [0.717, 1.165) is 6.20 Å². The highest BCUT2D eigenvalue weighted by Crippen LogP contribution is 2.60. The Kier molecular flexibility index (Phi) is 7.76. The standard InChI is InChI=1S/C28H27F9N2O3/c1-23(2,3)16-10-17(24(4,5)6)20(40)11-19(16)39-22(42)15-12-38-18-8-7-13(9-14(18)21(15)41)25(26(29,30)31,27(32,33)34)28(35,36)37/h7-12,40H,1-6H3,(H,38,41)(H,39,42). The van der Waals surface area contributed by atoms with E-state index in [1.54, 1.807) is 26.8 Å². The number of aromatic hydroxyl groups is 1. The molecule has 0 aliphatic rings. The number of carbonyl (C=O) groups is 1. The third-order valence-electron chi connectivity index (χ3n) is 6.83. The van der Waals surface area contributed by atoms with Crippen LogP contribution in [0.4, 0.5) is 45.2 Å². The first-order chi connectivity index (χ1) is 18.7. The van der Waals surface area contributed by atoms with E-state index in [9.17, 15) is 54.2 Å². The van der Waals surface area contributed by atoms with Gasteiger partial charge in [-0.2, -0.15) is 39.5 Å². The van der Waals surface area contributed by atoms with E-state index in [0.29, 0.717) is 17.2 Å². The molecule has 0 fully saturated rings. The highest BCUT2D eigenvalue weighted by molar-refractivity contribution is 6.06. The first-order valence-electron chi connectivity index (χ1n) is 12.3. The highest BCUT2D eigenvalue weighted by Gasteiger charge is 2.84. The molecule has 42 heavy (non-hydrogen) atoms. The van der Waals surface area contributed by atoms with Crippen molar-refractivity contribution in [1.29, 1.82) is 0 Å². The van der Waals surface area contributed by atoms with E-state index in [2.05, 4.69) is 10.3 Å². The van der Waals surface area contributed by atoms with Gasteiger partial charge in [-0.1, -0.05) is 47.6 Å². The van der Waals surface area contributed by atoms with Gasteiger partial charge in [0.2, 0.25) is 5.43 Å². The molecule has 0 unspecified atom stereocenters. The molecule has 1 aromatic heterocycles. The van der Waals surface area contributed by atoms with Crippen LogP contribution in [0.1, 0.15) is 68.6 Å². The van der Waals surface area contributed by atoms with Crippen LogP contribution in [-0.4, -0.2) is 34.5 Å². The second kappa shape index (κ2) is 9.94. The first kappa shape index (κ1) is 32.8. The Morgan fingerprint density at radius 1 is 0.762 bits per heavy atom. The van der Waals surface area contributed by atoms with Crippen molar-refractivity contribution >= 4 is 22.5 Å². The Balaban J connectivity index is 2.23. The molecule has 0 aliphatic carbocycles. The predicted octanol–water partition coefficient (Wildman–Crippen LogP) is 8.01. The fourth-order valence-corrected chi connectivity index (χ4v) is 4.70. The number of pyridine rings is 1. The van der Waals surface area contributed by atoms with Gasteiger partial charge in [-0.25, -0.2) is 0 Å². The number of phenols is 1. The molecule has 3 N–H and O–H groups in total. The SMILES string of the molecule is CC(C)(C)c1cc(C(C)(C)C)c(NC(=O)c2c[nH]c3ccc(C(C(F)(F)F)(C(F)(F)F)C(F)(F)F)cc3c2=O)cc1O. The first-order valence-corrected chi connectivity index (χ1v) is 12.3. The molecule has 0 saturated heterocycles. The van der Waals surface area contributed by atoms with Crippen LogP contribution in [-0.2, 0) is 16.2 Å². The molecular weight excluding hydrogens is 583 g/mol. The van der Waals surface area contributed by atoms with E-state index in [4.69, 9.17) is 0 Å². The molecule has 230 valence electrons. The molecule has 0 radical (unpaired) electrons.